The van der Waals surface area contributed by atoms with E-state index in [1.165, 1.54) is 29.6 Å². The first kappa shape index (κ1) is 16.3. The van der Waals surface area contributed by atoms with Crippen molar-refractivity contribution in [1.82, 2.24) is 5.32 Å². The van der Waals surface area contributed by atoms with Crippen LogP contribution in [0.1, 0.15) is 12.5 Å². The molecule has 0 aromatic heterocycles. The van der Waals surface area contributed by atoms with Crippen LogP contribution in [0.3, 0.4) is 0 Å². The van der Waals surface area contributed by atoms with Gasteiger partial charge >= 0.3 is 18.2 Å². The summed E-state index contributed by atoms with van der Waals surface area (Å²) in [5.74, 6) is -2.25. The van der Waals surface area contributed by atoms with E-state index in [1.807, 2.05) is 5.32 Å². The summed E-state index contributed by atoms with van der Waals surface area (Å²) in [7, 11) is 0. The zero-order valence-electron chi connectivity index (χ0n) is 10.7. The van der Waals surface area contributed by atoms with E-state index in [0.29, 0.717) is 6.92 Å². The number of rotatable bonds is 3. The Balaban J connectivity index is 2.96. The molecule has 1 rings (SSSR count). The predicted octanol–water partition coefficient (Wildman–Crippen LogP) is 2.09. The highest BCUT2D eigenvalue weighted by atomic mass is 19.4. The number of benzene rings is 1. The van der Waals surface area contributed by atoms with E-state index in [0.717, 1.165) is 0 Å². The molecule has 9 heteroatoms. The van der Waals surface area contributed by atoms with Gasteiger partial charge in [0, 0.05) is 0 Å². The van der Waals surface area contributed by atoms with Gasteiger partial charge in [0.15, 0.2) is 0 Å². The van der Waals surface area contributed by atoms with Gasteiger partial charge in [-0.05, 0) is 19.1 Å². The Hall–Kier alpha value is -2.76. The number of aliphatic carboxylic acids is 1. The molecule has 3 N–H and O–H groups in total. The van der Waals surface area contributed by atoms with Gasteiger partial charge in [-0.1, -0.05) is 12.1 Å². The summed E-state index contributed by atoms with van der Waals surface area (Å²) in [5.41, 5.74) is -3.46. The molecular formula is C12H10F3N3O3. The van der Waals surface area contributed by atoms with Crippen molar-refractivity contribution >= 4 is 17.7 Å². The molecule has 0 spiro atoms. The second-order valence-corrected chi connectivity index (χ2v) is 4.16. The standard InChI is InChI=1S/C12H10F3N3O3/c1-11(9(19)20,12(13,14)15)18-10(21)17-8-5-3-2-4-7(8)6-16/h2-5H,1H3,(H,19,20)(H2,17,18,21). The average Bonchev–Trinajstić information content (AvgIpc) is 2.37. The molecule has 0 saturated carbocycles. The number of nitrogens with one attached hydrogen (secondary N) is 2. The third-order valence-electron chi connectivity index (χ3n) is 2.65. The number of amides is 2. The number of para-hydroxylation sites is 1. The van der Waals surface area contributed by atoms with Crippen LogP contribution in [0.2, 0.25) is 0 Å². The van der Waals surface area contributed by atoms with Crippen LogP contribution in [0.25, 0.3) is 0 Å². The van der Waals surface area contributed by atoms with E-state index in [4.69, 9.17) is 10.4 Å². The SMILES string of the molecule is CC(NC(=O)Nc1ccccc1C#N)(C(=O)O)C(F)(F)F. The van der Waals surface area contributed by atoms with Crippen molar-refractivity contribution in [3.8, 4) is 6.07 Å². The third kappa shape index (κ3) is 3.42. The fourth-order valence-corrected chi connectivity index (χ4v) is 1.32. The molecular weight excluding hydrogens is 291 g/mol. The highest BCUT2D eigenvalue weighted by Crippen LogP contribution is 2.30. The number of carbonyl (C=O) groups excluding carboxylic acids is 1. The number of nitriles is 1. The van der Waals surface area contributed by atoms with Crippen molar-refractivity contribution in [3.63, 3.8) is 0 Å². The van der Waals surface area contributed by atoms with E-state index in [1.54, 1.807) is 6.07 Å². The van der Waals surface area contributed by atoms with Gasteiger partial charge in [0.1, 0.15) is 6.07 Å². The largest absolute Gasteiger partial charge is 0.479 e. The van der Waals surface area contributed by atoms with Gasteiger partial charge in [0.2, 0.25) is 5.54 Å². The summed E-state index contributed by atoms with van der Waals surface area (Å²) < 4.78 is 38.2. The number of halogens is 3. The first-order valence-electron chi connectivity index (χ1n) is 5.50. The number of urea groups is 1. The lowest BCUT2D eigenvalue weighted by atomic mass is 10.0. The summed E-state index contributed by atoms with van der Waals surface area (Å²) >= 11 is 0. The molecule has 0 bridgehead atoms. The van der Waals surface area contributed by atoms with Crippen LogP contribution >= 0.6 is 0 Å². The third-order valence-corrected chi connectivity index (χ3v) is 2.65. The molecule has 0 radical (unpaired) electrons. The molecule has 0 fully saturated rings. The van der Waals surface area contributed by atoms with Gasteiger partial charge in [0.25, 0.3) is 0 Å². The van der Waals surface area contributed by atoms with E-state index in [2.05, 4.69) is 0 Å². The molecule has 0 aliphatic rings. The quantitative estimate of drug-likeness (QED) is 0.795. The summed E-state index contributed by atoms with van der Waals surface area (Å²) in [4.78, 5) is 22.3. The lowest BCUT2D eigenvalue weighted by Gasteiger charge is -2.28. The Kier molecular flexibility index (Phi) is 4.42. The van der Waals surface area contributed by atoms with Crippen LogP contribution in [0.15, 0.2) is 24.3 Å². The van der Waals surface area contributed by atoms with Crippen LogP contribution in [0.4, 0.5) is 23.7 Å². The number of nitrogens with zero attached hydrogens (tertiary/aromatic N) is 1. The molecule has 21 heavy (non-hydrogen) atoms. The fourth-order valence-electron chi connectivity index (χ4n) is 1.32. The fraction of sp³-hybridized carbons (Fsp3) is 0.250. The van der Waals surface area contributed by atoms with Gasteiger partial charge in [-0.25, -0.2) is 9.59 Å². The number of carboxylic acids is 1. The minimum Gasteiger partial charge on any atom is -0.479 e. The maximum absolute atomic E-state index is 12.7. The number of hydrogen-bond acceptors (Lipinski definition) is 3. The lowest BCUT2D eigenvalue weighted by Crippen LogP contribution is -2.62. The van der Waals surface area contributed by atoms with Crippen molar-refractivity contribution in [1.29, 1.82) is 5.26 Å². The van der Waals surface area contributed by atoms with Crippen molar-refractivity contribution < 1.29 is 27.9 Å². The van der Waals surface area contributed by atoms with Gasteiger partial charge in [-0.15, -0.1) is 0 Å². The minimum atomic E-state index is -5.19. The lowest BCUT2D eigenvalue weighted by molar-refractivity contribution is -0.203. The maximum atomic E-state index is 12.7. The van der Waals surface area contributed by atoms with Gasteiger partial charge in [-0.3, -0.25) is 0 Å². The molecule has 2 amide bonds. The Morgan fingerprint density at radius 2 is 1.86 bits per heavy atom. The van der Waals surface area contributed by atoms with Crippen molar-refractivity contribution in [2.24, 2.45) is 0 Å². The molecule has 0 heterocycles. The number of carbonyl (C=O) groups is 2. The predicted molar refractivity (Wildman–Crippen MR) is 65.4 cm³/mol. The smallest absolute Gasteiger partial charge is 0.422 e. The molecule has 112 valence electrons. The molecule has 0 aliphatic carbocycles. The number of anilines is 1. The second kappa shape index (κ2) is 5.70. The van der Waals surface area contributed by atoms with Gasteiger partial charge in [-0.2, -0.15) is 18.4 Å². The summed E-state index contributed by atoms with van der Waals surface area (Å²) in [6.45, 7) is 0.325. The van der Waals surface area contributed by atoms with Gasteiger partial charge in [0.05, 0.1) is 11.3 Å². The average molecular weight is 301 g/mol. The van der Waals surface area contributed by atoms with E-state index in [-0.39, 0.29) is 11.3 Å². The van der Waals surface area contributed by atoms with Crippen LogP contribution < -0.4 is 10.6 Å². The van der Waals surface area contributed by atoms with E-state index >= 15 is 0 Å². The van der Waals surface area contributed by atoms with Crippen LogP contribution in [0, 0.1) is 11.3 Å². The molecule has 0 aliphatic heterocycles. The highest BCUT2D eigenvalue weighted by molar-refractivity contribution is 5.95. The van der Waals surface area contributed by atoms with Crippen molar-refractivity contribution in [3.05, 3.63) is 29.8 Å². The van der Waals surface area contributed by atoms with Crippen LogP contribution in [0.5, 0.6) is 0 Å². The maximum Gasteiger partial charge on any atom is 0.422 e. The molecule has 1 atom stereocenters. The molecule has 0 saturated heterocycles. The zero-order chi connectivity index (χ0) is 16.3. The molecule has 6 nitrogen and oxygen atoms in total. The highest BCUT2D eigenvalue weighted by Gasteiger charge is 2.58. The Morgan fingerprint density at radius 3 is 2.33 bits per heavy atom. The zero-order valence-corrected chi connectivity index (χ0v) is 10.7. The number of hydrogen-bond donors (Lipinski definition) is 3. The molecule has 1 unspecified atom stereocenters. The van der Waals surface area contributed by atoms with Crippen LogP contribution in [-0.2, 0) is 4.79 Å². The Labute approximate surface area is 117 Å². The van der Waals surface area contributed by atoms with Crippen molar-refractivity contribution in [2.45, 2.75) is 18.6 Å². The number of carboxylic acid groups (broad SMARTS) is 1. The first-order valence-corrected chi connectivity index (χ1v) is 5.50. The Morgan fingerprint density at radius 1 is 1.29 bits per heavy atom. The second-order valence-electron chi connectivity index (χ2n) is 4.16. The molecule has 1 aromatic carbocycles. The Bertz CT molecular complexity index is 610. The van der Waals surface area contributed by atoms with Crippen LogP contribution in [-0.4, -0.2) is 28.8 Å². The number of alkyl halides is 3. The summed E-state index contributed by atoms with van der Waals surface area (Å²) in [6.07, 6.45) is -5.19. The minimum absolute atomic E-state index is 0.0247. The summed E-state index contributed by atoms with van der Waals surface area (Å²) in [6, 6.07) is 5.94. The van der Waals surface area contributed by atoms with E-state index in [9.17, 15) is 22.8 Å². The van der Waals surface area contributed by atoms with E-state index < -0.39 is 23.7 Å². The summed E-state index contributed by atoms with van der Waals surface area (Å²) in [5, 5.41) is 20.8. The monoisotopic (exact) mass is 301 g/mol. The molecule has 1 aromatic rings. The first-order chi connectivity index (χ1) is 9.61. The van der Waals surface area contributed by atoms with Gasteiger partial charge < -0.3 is 15.7 Å². The topological polar surface area (TPSA) is 102 Å². The normalized spacial score (nSPS) is 13.7. The van der Waals surface area contributed by atoms with Crippen molar-refractivity contribution in [2.75, 3.05) is 5.32 Å².